The zero-order valence-electron chi connectivity index (χ0n) is 9.50. The molecule has 0 unspecified atom stereocenters. The highest BCUT2D eigenvalue weighted by Crippen LogP contribution is 2.07. The molecule has 8 heteroatoms. The quantitative estimate of drug-likeness (QED) is 0.735. The van der Waals surface area contributed by atoms with Crippen molar-refractivity contribution in [3.63, 3.8) is 0 Å². The molecule has 1 amide bonds. The fourth-order valence-corrected chi connectivity index (χ4v) is 1.84. The van der Waals surface area contributed by atoms with E-state index in [4.69, 9.17) is 0 Å². The Labute approximate surface area is 106 Å². The standard InChI is InChI=1S/C9H16N6O.ClH/c16-9(6-15-7-12-13-14-15)11-5-3-8-2-1-4-10-8;/h7-8,10H,1-6H2,(H,11,16);1H/t8-;/m1./s1. The minimum atomic E-state index is -0.0507. The Morgan fingerprint density at radius 1 is 1.59 bits per heavy atom. The molecule has 2 N–H and O–H groups in total. The monoisotopic (exact) mass is 260 g/mol. The predicted octanol–water partition coefficient (Wildman–Crippen LogP) is -0.647. The molecule has 17 heavy (non-hydrogen) atoms. The van der Waals surface area contributed by atoms with Crippen molar-refractivity contribution in [1.82, 2.24) is 30.8 Å². The average molecular weight is 261 g/mol. The van der Waals surface area contributed by atoms with Gasteiger partial charge in [0, 0.05) is 12.6 Å². The van der Waals surface area contributed by atoms with E-state index >= 15 is 0 Å². The maximum absolute atomic E-state index is 11.4. The second kappa shape index (κ2) is 7.18. The van der Waals surface area contributed by atoms with Gasteiger partial charge in [-0.05, 0) is 36.2 Å². The zero-order chi connectivity index (χ0) is 11.2. The van der Waals surface area contributed by atoms with E-state index in [0.29, 0.717) is 12.6 Å². The van der Waals surface area contributed by atoms with Crippen LogP contribution in [0.1, 0.15) is 19.3 Å². The van der Waals surface area contributed by atoms with Gasteiger partial charge in [0.15, 0.2) is 0 Å². The van der Waals surface area contributed by atoms with Gasteiger partial charge in [-0.3, -0.25) is 4.79 Å². The van der Waals surface area contributed by atoms with E-state index in [1.165, 1.54) is 23.9 Å². The molecule has 96 valence electrons. The van der Waals surface area contributed by atoms with E-state index in [-0.39, 0.29) is 24.9 Å². The fourth-order valence-electron chi connectivity index (χ4n) is 1.84. The second-order valence-electron chi connectivity index (χ2n) is 3.94. The number of aromatic nitrogens is 4. The summed E-state index contributed by atoms with van der Waals surface area (Å²) < 4.78 is 1.41. The number of hydrogen-bond donors (Lipinski definition) is 2. The lowest BCUT2D eigenvalue weighted by Gasteiger charge is -2.10. The Morgan fingerprint density at radius 2 is 2.47 bits per heavy atom. The Morgan fingerprint density at radius 3 is 3.12 bits per heavy atom. The Hall–Kier alpha value is -1.21. The van der Waals surface area contributed by atoms with Crippen LogP contribution < -0.4 is 10.6 Å². The van der Waals surface area contributed by atoms with Crippen molar-refractivity contribution < 1.29 is 4.79 Å². The van der Waals surface area contributed by atoms with E-state index in [9.17, 15) is 4.79 Å². The molecule has 2 rings (SSSR count). The zero-order valence-corrected chi connectivity index (χ0v) is 10.3. The molecule has 0 spiro atoms. The van der Waals surface area contributed by atoms with Crippen molar-refractivity contribution in [3.8, 4) is 0 Å². The molecule has 0 radical (unpaired) electrons. The van der Waals surface area contributed by atoms with Crippen LogP contribution in [0.5, 0.6) is 0 Å². The first-order chi connectivity index (χ1) is 7.84. The smallest absolute Gasteiger partial charge is 0.241 e. The van der Waals surface area contributed by atoms with E-state index in [0.717, 1.165) is 13.0 Å². The molecular formula is C9H17ClN6O. The first-order valence-electron chi connectivity index (χ1n) is 5.55. The normalized spacial score (nSPS) is 18.7. The lowest BCUT2D eigenvalue weighted by atomic mass is 10.1. The maximum atomic E-state index is 11.4. The number of tetrazole rings is 1. The van der Waals surface area contributed by atoms with E-state index in [2.05, 4.69) is 26.2 Å². The van der Waals surface area contributed by atoms with Crippen molar-refractivity contribution in [3.05, 3.63) is 6.33 Å². The fraction of sp³-hybridized carbons (Fsp3) is 0.778. The summed E-state index contributed by atoms with van der Waals surface area (Å²) in [6, 6.07) is 0.563. The summed E-state index contributed by atoms with van der Waals surface area (Å²) in [4.78, 5) is 11.4. The lowest BCUT2D eigenvalue weighted by Crippen LogP contribution is -2.32. The molecule has 1 aliphatic rings. The molecule has 0 aromatic carbocycles. The Balaban J connectivity index is 0.00000144. The number of nitrogens with zero attached hydrogens (tertiary/aromatic N) is 4. The van der Waals surface area contributed by atoms with Gasteiger partial charge in [-0.15, -0.1) is 17.5 Å². The molecule has 0 aliphatic carbocycles. The summed E-state index contributed by atoms with van der Waals surface area (Å²) >= 11 is 0. The minimum Gasteiger partial charge on any atom is -0.354 e. The highest BCUT2D eigenvalue weighted by Gasteiger charge is 2.13. The van der Waals surface area contributed by atoms with Crippen LogP contribution in [-0.4, -0.2) is 45.2 Å². The Bertz CT molecular complexity index is 324. The second-order valence-corrected chi connectivity index (χ2v) is 3.94. The number of nitrogens with one attached hydrogen (secondary N) is 2. The van der Waals surface area contributed by atoms with Crippen molar-refractivity contribution in [2.75, 3.05) is 13.1 Å². The van der Waals surface area contributed by atoms with Gasteiger partial charge in [-0.2, -0.15) is 0 Å². The van der Waals surface area contributed by atoms with Crippen LogP contribution in [0.4, 0.5) is 0 Å². The van der Waals surface area contributed by atoms with Crippen LogP contribution in [0.25, 0.3) is 0 Å². The van der Waals surface area contributed by atoms with Crippen molar-refractivity contribution in [2.45, 2.75) is 31.8 Å². The summed E-state index contributed by atoms with van der Waals surface area (Å²) in [5.74, 6) is -0.0507. The molecule has 1 fully saturated rings. The van der Waals surface area contributed by atoms with Crippen LogP contribution in [0.15, 0.2) is 6.33 Å². The molecular weight excluding hydrogens is 244 g/mol. The summed E-state index contributed by atoms with van der Waals surface area (Å²) in [6.45, 7) is 1.99. The topological polar surface area (TPSA) is 84.7 Å². The summed E-state index contributed by atoms with van der Waals surface area (Å²) in [6.07, 6.45) is 4.87. The first-order valence-corrected chi connectivity index (χ1v) is 5.55. The van der Waals surface area contributed by atoms with Gasteiger partial charge in [0.1, 0.15) is 12.9 Å². The third-order valence-electron chi connectivity index (χ3n) is 2.67. The van der Waals surface area contributed by atoms with Crippen LogP contribution in [0.2, 0.25) is 0 Å². The van der Waals surface area contributed by atoms with Gasteiger partial charge in [0.05, 0.1) is 0 Å². The first kappa shape index (κ1) is 13.9. The van der Waals surface area contributed by atoms with Crippen LogP contribution >= 0.6 is 12.4 Å². The predicted molar refractivity (Wildman–Crippen MR) is 63.7 cm³/mol. The Kier molecular flexibility index (Phi) is 5.85. The van der Waals surface area contributed by atoms with E-state index in [1.54, 1.807) is 0 Å². The number of carbonyl (C=O) groups excluding carboxylic acids is 1. The molecule has 7 nitrogen and oxygen atoms in total. The van der Waals surface area contributed by atoms with E-state index in [1.807, 2.05) is 0 Å². The molecule has 1 aliphatic heterocycles. The van der Waals surface area contributed by atoms with Crippen LogP contribution in [0.3, 0.4) is 0 Å². The molecule has 1 saturated heterocycles. The minimum absolute atomic E-state index is 0. The van der Waals surface area contributed by atoms with Crippen molar-refractivity contribution in [1.29, 1.82) is 0 Å². The maximum Gasteiger partial charge on any atom is 0.241 e. The van der Waals surface area contributed by atoms with Gasteiger partial charge in [0.2, 0.25) is 5.91 Å². The van der Waals surface area contributed by atoms with Crippen LogP contribution in [-0.2, 0) is 11.3 Å². The SMILES string of the molecule is Cl.O=C(Cn1cnnn1)NCC[C@H]1CCCN1. The highest BCUT2D eigenvalue weighted by atomic mass is 35.5. The third-order valence-corrected chi connectivity index (χ3v) is 2.67. The number of hydrogen-bond acceptors (Lipinski definition) is 5. The van der Waals surface area contributed by atoms with Gasteiger partial charge < -0.3 is 10.6 Å². The highest BCUT2D eigenvalue weighted by molar-refractivity contribution is 5.85. The molecule has 1 atom stereocenters. The van der Waals surface area contributed by atoms with E-state index < -0.39 is 0 Å². The van der Waals surface area contributed by atoms with Crippen LogP contribution in [0, 0.1) is 0 Å². The van der Waals surface area contributed by atoms with Gasteiger partial charge in [-0.1, -0.05) is 0 Å². The van der Waals surface area contributed by atoms with Gasteiger partial charge in [-0.25, -0.2) is 4.68 Å². The van der Waals surface area contributed by atoms with Crippen molar-refractivity contribution >= 4 is 18.3 Å². The number of amides is 1. The summed E-state index contributed by atoms with van der Waals surface area (Å²) in [5.41, 5.74) is 0. The summed E-state index contributed by atoms with van der Waals surface area (Å²) in [5, 5.41) is 16.8. The van der Waals surface area contributed by atoms with Crippen molar-refractivity contribution in [2.24, 2.45) is 0 Å². The molecule has 0 saturated carbocycles. The number of rotatable bonds is 5. The molecule has 2 heterocycles. The summed E-state index contributed by atoms with van der Waals surface area (Å²) in [7, 11) is 0. The molecule has 0 bridgehead atoms. The third kappa shape index (κ3) is 4.66. The van der Waals surface area contributed by atoms with Gasteiger partial charge >= 0.3 is 0 Å². The lowest BCUT2D eigenvalue weighted by molar-refractivity contribution is -0.121. The van der Waals surface area contributed by atoms with Gasteiger partial charge in [0.25, 0.3) is 0 Å². The molecule has 1 aromatic rings. The number of halogens is 1. The largest absolute Gasteiger partial charge is 0.354 e. The molecule has 1 aromatic heterocycles. The average Bonchev–Trinajstić information content (AvgIpc) is 2.90. The number of carbonyl (C=O) groups is 1.